The molecule has 5 heteroatoms. The third-order valence-corrected chi connectivity index (χ3v) is 3.43. The zero-order chi connectivity index (χ0) is 14.5. The minimum Gasteiger partial charge on any atom is -0.383 e. The molecule has 21 heavy (non-hydrogen) atoms. The van der Waals surface area contributed by atoms with Crippen LogP contribution in [0.3, 0.4) is 0 Å². The number of halogens is 1. The molecule has 0 amide bonds. The van der Waals surface area contributed by atoms with Gasteiger partial charge in [0.05, 0.1) is 11.4 Å². The Balaban J connectivity index is 1.74. The van der Waals surface area contributed by atoms with E-state index >= 15 is 0 Å². The summed E-state index contributed by atoms with van der Waals surface area (Å²) in [6, 6.07) is 16.1. The molecule has 0 saturated carbocycles. The van der Waals surface area contributed by atoms with Crippen LogP contribution in [0.1, 0.15) is 5.56 Å². The van der Waals surface area contributed by atoms with Gasteiger partial charge in [0.15, 0.2) is 0 Å². The molecule has 0 radical (unpaired) electrons. The van der Waals surface area contributed by atoms with E-state index < -0.39 is 0 Å². The van der Waals surface area contributed by atoms with Gasteiger partial charge in [-0.05, 0) is 30.2 Å². The van der Waals surface area contributed by atoms with E-state index in [4.69, 9.17) is 11.6 Å². The van der Waals surface area contributed by atoms with E-state index in [1.54, 1.807) is 11.0 Å². The summed E-state index contributed by atoms with van der Waals surface area (Å²) in [4.78, 5) is 3.98. The molecule has 4 nitrogen and oxygen atoms in total. The molecule has 3 rings (SSSR count). The van der Waals surface area contributed by atoms with Gasteiger partial charge in [-0.1, -0.05) is 41.9 Å². The number of rotatable bonds is 5. The van der Waals surface area contributed by atoms with Gasteiger partial charge < -0.3 is 5.32 Å². The zero-order valence-corrected chi connectivity index (χ0v) is 12.2. The number of aromatic nitrogens is 3. The second kappa shape index (κ2) is 6.41. The number of nitrogens with zero attached hydrogens (tertiary/aromatic N) is 3. The molecule has 0 saturated heterocycles. The first-order valence-electron chi connectivity index (χ1n) is 6.75. The van der Waals surface area contributed by atoms with E-state index in [1.807, 2.05) is 24.3 Å². The fourth-order valence-electron chi connectivity index (χ4n) is 2.17. The highest BCUT2D eigenvalue weighted by Gasteiger charge is 2.06. The summed E-state index contributed by atoms with van der Waals surface area (Å²) in [5.74, 6) is 0. The van der Waals surface area contributed by atoms with Gasteiger partial charge in [-0.15, -0.1) is 0 Å². The van der Waals surface area contributed by atoms with Gasteiger partial charge in [0.1, 0.15) is 12.7 Å². The third kappa shape index (κ3) is 3.41. The molecule has 0 aliphatic heterocycles. The monoisotopic (exact) mass is 298 g/mol. The van der Waals surface area contributed by atoms with Crippen molar-refractivity contribution in [1.29, 1.82) is 0 Å². The summed E-state index contributed by atoms with van der Waals surface area (Å²) < 4.78 is 1.72. The minimum absolute atomic E-state index is 0.695. The minimum atomic E-state index is 0.695. The van der Waals surface area contributed by atoms with Crippen molar-refractivity contribution in [2.45, 2.75) is 6.42 Å². The normalized spacial score (nSPS) is 10.5. The Labute approximate surface area is 128 Å². The van der Waals surface area contributed by atoms with Crippen LogP contribution in [-0.2, 0) is 6.42 Å². The number of hydrogen-bond donors (Lipinski definition) is 1. The Morgan fingerprint density at radius 3 is 2.71 bits per heavy atom. The van der Waals surface area contributed by atoms with Crippen LogP contribution in [0.2, 0.25) is 5.02 Å². The molecule has 0 atom stereocenters. The molecule has 0 unspecified atom stereocenters. The van der Waals surface area contributed by atoms with Crippen molar-refractivity contribution in [2.24, 2.45) is 0 Å². The smallest absolute Gasteiger partial charge is 0.138 e. The van der Waals surface area contributed by atoms with Crippen LogP contribution in [0, 0.1) is 0 Å². The van der Waals surface area contributed by atoms with Gasteiger partial charge >= 0.3 is 0 Å². The largest absolute Gasteiger partial charge is 0.383 e. The highest BCUT2D eigenvalue weighted by molar-refractivity contribution is 6.31. The van der Waals surface area contributed by atoms with E-state index in [1.165, 1.54) is 11.9 Å². The Bertz CT molecular complexity index is 696. The summed E-state index contributed by atoms with van der Waals surface area (Å²) >= 11 is 6.09. The molecule has 2 aromatic carbocycles. The molecule has 1 N–H and O–H groups in total. The van der Waals surface area contributed by atoms with Gasteiger partial charge in [0, 0.05) is 11.6 Å². The summed E-state index contributed by atoms with van der Waals surface area (Å²) in [5.41, 5.74) is 3.18. The van der Waals surface area contributed by atoms with Gasteiger partial charge in [0.25, 0.3) is 0 Å². The summed E-state index contributed by atoms with van der Waals surface area (Å²) in [7, 11) is 0. The second-order valence-electron chi connectivity index (χ2n) is 4.66. The fraction of sp³-hybridized carbons (Fsp3) is 0.125. The molecule has 0 aliphatic carbocycles. The van der Waals surface area contributed by atoms with Crippen LogP contribution >= 0.6 is 11.6 Å². The quantitative estimate of drug-likeness (QED) is 0.783. The molecule has 106 valence electrons. The van der Waals surface area contributed by atoms with E-state index in [-0.39, 0.29) is 0 Å². The maximum Gasteiger partial charge on any atom is 0.138 e. The SMILES string of the molecule is Clc1ccc(-n2cncn2)c(NCCc2ccccc2)c1. The topological polar surface area (TPSA) is 42.7 Å². The van der Waals surface area contributed by atoms with Crippen molar-refractivity contribution in [1.82, 2.24) is 14.8 Å². The van der Waals surface area contributed by atoms with E-state index in [2.05, 4.69) is 39.7 Å². The second-order valence-corrected chi connectivity index (χ2v) is 5.10. The van der Waals surface area contributed by atoms with Crippen LogP contribution in [0.5, 0.6) is 0 Å². The molecular formula is C16H15ClN4. The Morgan fingerprint density at radius 2 is 1.95 bits per heavy atom. The fourth-order valence-corrected chi connectivity index (χ4v) is 2.34. The molecule has 0 bridgehead atoms. The van der Waals surface area contributed by atoms with E-state index in [0.29, 0.717) is 5.02 Å². The molecule has 0 spiro atoms. The highest BCUT2D eigenvalue weighted by atomic mass is 35.5. The van der Waals surface area contributed by atoms with Crippen molar-refractivity contribution < 1.29 is 0 Å². The van der Waals surface area contributed by atoms with Gasteiger partial charge in [0.2, 0.25) is 0 Å². The number of hydrogen-bond acceptors (Lipinski definition) is 3. The first kappa shape index (κ1) is 13.6. The van der Waals surface area contributed by atoms with Gasteiger partial charge in [-0.2, -0.15) is 5.10 Å². The lowest BCUT2D eigenvalue weighted by Crippen LogP contribution is -2.08. The Morgan fingerprint density at radius 1 is 1.10 bits per heavy atom. The number of anilines is 1. The zero-order valence-electron chi connectivity index (χ0n) is 11.4. The van der Waals surface area contributed by atoms with E-state index in [0.717, 1.165) is 24.3 Å². The lowest BCUT2D eigenvalue weighted by atomic mass is 10.1. The molecule has 1 heterocycles. The van der Waals surface area contributed by atoms with E-state index in [9.17, 15) is 0 Å². The lowest BCUT2D eigenvalue weighted by Gasteiger charge is -2.12. The molecule has 0 aliphatic rings. The van der Waals surface area contributed by atoms with Crippen molar-refractivity contribution in [3.05, 3.63) is 71.8 Å². The van der Waals surface area contributed by atoms with Crippen molar-refractivity contribution in [3.8, 4) is 5.69 Å². The van der Waals surface area contributed by atoms with Crippen molar-refractivity contribution in [2.75, 3.05) is 11.9 Å². The Hall–Kier alpha value is -2.33. The highest BCUT2D eigenvalue weighted by Crippen LogP contribution is 2.23. The number of nitrogens with one attached hydrogen (secondary N) is 1. The molecule has 0 fully saturated rings. The average molecular weight is 299 g/mol. The van der Waals surface area contributed by atoms with Crippen LogP contribution in [0.25, 0.3) is 5.69 Å². The van der Waals surface area contributed by atoms with Crippen LogP contribution in [0.15, 0.2) is 61.2 Å². The predicted octanol–water partition coefficient (Wildman–Crippen LogP) is 3.58. The average Bonchev–Trinajstić information content (AvgIpc) is 3.03. The summed E-state index contributed by atoms with van der Waals surface area (Å²) in [5, 5.41) is 8.28. The predicted molar refractivity (Wildman–Crippen MR) is 85.0 cm³/mol. The van der Waals surface area contributed by atoms with Crippen LogP contribution in [-0.4, -0.2) is 21.3 Å². The first-order chi connectivity index (χ1) is 10.3. The lowest BCUT2D eigenvalue weighted by molar-refractivity contribution is 0.876. The van der Waals surface area contributed by atoms with Crippen molar-refractivity contribution in [3.63, 3.8) is 0 Å². The maximum absolute atomic E-state index is 6.09. The molecular weight excluding hydrogens is 284 g/mol. The first-order valence-corrected chi connectivity index (χ1v) is 7.13. The maximum atomic E-state index is 6.09. The van der Waals surface area contributed by atoms with Gasteiger partial charge in [-0.25, -0.2) is 9.67 Å². The summed E-state index contributed by atoms with van der Waals surface area (Å²) in [6.07, 6.45) is 4.14. The standard InChI is InChI=1S/C16H15ClN4/c17-14-6-7-16(21-12-18-11-20-21)15(10-14)19-9-8-13-4-2-1-3-5-13/h1-7,10-12,19H,8-9H2. The van der Waals surface area contributed by atoms with Gasteiger partial charge in [-0.3, -0.25) is 0 Å². The molecule has 3 aromatic rings. The van der Waals surface area contributed by atoms with Crippen LogP contribution in [0.4, 0.5) is 5.69 Å². The molecule has 1 aromatic heterocycles. The summed E-state index contributed by atoms with van der Waals surface area (Å²) in [6.45, 7) is 0.825. The Kier molecular flexibility index (Phi) is 4.17. The third-order valence-electron chi connectivity index (χ3n) is 3.20. The van der Waals surface area contributed by atoms with Crippen LogP contribution < -0.4 is 5.32 Å². The van der Waals surface area contributed by atoms with Crippen molar-refractivity contribution >= 4 is 17.3 Å². The number of benzene rings is 2.